The molecule has 0 radical (unpaired) electrons. The van der Waals surface area contributed by atoms with Crippen LogP contribution in [0.2, 0.25) is 0 Å². The molecule has 1 aliphatic carbocycles. The molecule has 1 amide bonds. The fraction of sp³-hybridized carbons (Fsp3) is 0.562. The van der Waals surface area contributed by atoms with Crippen molar-refractivity contribution in [2.24, 2.45) is 5.92 Å². The number of amides is 1. The molecule has 1 saturated carbocycles. The number of rotatable bonds is 5. The van der Waals surface area contributed by atoms with Gasteiger partial charge in [0.05, 0.1) is 14.2 Å². The fourth-order valence-corrected chi connectivity index (χ4v) is 3.59. The van der Waals surface area contributed by atoms with Crippen LogP contribution in [0.5, 0.6) is 11.5 Å². The zero-order valence-electron chi connectivity index (χ0n) is 12.5. The molecule has 2 atom stereocenters. The summed E-state index contributed by atoms with van der Waals surface area (Å²) in [5.74, 6) is 1.67. The number of ether oxygens (including phenoxy) is 2. The van der Waals surface area contributed by atoms with Crippen LogP contribution in [0.15, 0.2) is 18.2 Å². The first-order chi connectivity index (χ1) is 10.2. The summed E-state index contributed by atoms with van der Waals surface area (Å²) in [7, 11) is 3.15. The van der Waals surface area contributed by atoms with Crippen molar-refractivity contribution < 1.29 is 14.3 Å². The Morgan fingerprint density at radius 3 is 2.62 bits per heavy atom. The van der Waals surface area contributed by atoms with E-state index >= 15 is 0 Å². The molecule has 1 N–H and O–H groups in total. The van der Waals surface area contributed by atoms with Crippen molar-refractivity contribution in [3.05, 3.63) is 23.8 Å². The second-order valence-corrected chi connectivity index (χ2v) is 6.00. The van der Waals surface area contributed by atoms with E-state index in [4.69, 9.17) is 9.47 Å². The van der Waals surface area contributed by atoms with Gasteiger partial charge in [-0.3, -0.25) is 4.79 Å². The molecule has 0 saturated heterocycles. The molecule has 0 bridgehead atoms. The Balaban J connectivity index is 2.09. The van der Waals surface area contributed by atoms with Crippen LogP contribution in [0, 0.1) is 5.92 Å². The number of hydrogen-bond donors (Lipinski definition) is 1. The Kier molecular flexibility index (Phi) is 5.91. The number of nitrogens with one attached hydrogen (secondary N) is 1. The van der Waals surface area contributed by atoms with E-state index in [9.17, 15) is 4.79 Å². The van der Waals surface area contributed by atoms with Crippen molar-refractivity contribution in [3.8, 4) is 11.5 Å². The summed E-state index contributed by atoms with van der Waals surface area (Å²) in [4.78, 5) is 12.4. The normalized spacial score (nSPS) is 21.7. The molecule has 1 fully saturated rings. The van der Waals surface area contributed by atoms with Gasteiger partial charge in [-0.05, 0) is 37.0 Å². The van der Waals surface area contributed by atoms with Crippen molar-refractivity contribution in [2.45, 2.75) is 31.7 Å². The van der Waals surface area contributed by atoms with Gasteiger partial charge in [-0.15, -0.1) is 0 Å². The van der Waals surface area contributed by atoms with E-state index in [0.29, 0.717) is 23.0 Å². The number of methoxy groups -OCH3 is 2. The van der Waals surface area contributed by atoms with E-state index in [0.717, 1.165) is 11.8 Å². The van der Waals surface area contributed by atoms with Gasteiger partial charge in [-0.25, -0.2) is 0 Å². The number of carbonyl (C=O) groups is 1. The average Bonchev–Trinajstić information content (AvgIpc) is 2.54. The van der Waals surface area contributed by atoms with Gasteiger partial charge >= 0.3 is 0 Å². The van der Waals surface area contributed by atoms with E-state index in [1.165, 1.54) is 19.3 Å². The minimum absolute atomic E-state index is 0.0474. The summed E-state index contributed by atoms with van der Waals surface area (Å²) in [5, 5.41) is 4.09. The van der Waals surface area contributed by atoms with Crippen LogP contribution in [-0.2, 0) is 0 Å². The first-order valence-electron chi connectivity index (χ1n) is 7.28. The van der Waals surface area contributed by atoms with Crippen molar-refractivity contribution >= 4 is 21.8 Å². The minimum Gasteiger partial charge on any atom is -0.493 e. The number of alkyl halides is 1. The van der Waals surface area contributed by atoms with Gasteiger partial charge in [0, 0.05) is 16.9 Å². The lowest BCUT2D eigenvalue weighted by Crippen LogP contribution is -2.42. The molecule has 21 heavy (non-hydrogen) atoms. The third-order valence-corrected chi connectivity index (χ3v) is 4.90. The van der Waals surface area contributed by atoms with Crippen LogP contribution in [0.4, 0.5) is 0 Å². The third-order valence-electron chi connectivity index (χ3n) is 4.07. The van der Waals surface area contributed by atoms with Crippen LogP contribution in [-0.4, -0.2) is 31.5 Å². The minimum atomic E-state index is -0.0474. The topological polar surface area (TPSA) is 47.6 Å². The van der Waals surface area contributed by atoms with Crippen molar-refractivity contribution in [2.75, 3.05) is 19.5 Å². The van der Waals surface area contributed by atoms with Crippen LogP contribution < -0.4 is 14.8 Å². The van der Waals surface area contributed by atoms with Gasteiger partial charge < -0.3 is 14.8 Å². The zero-order chi connectivity index (χ0) is 15.2. The summed E-state index contributed by atoms with van der Waals surface area (Å²) in [6, 6.07) is 5.50. The molecule has 1 aromatic rings. The molecule has 1 aromatic carbocycles. The van der Waals surface area contributed by atoms with Crippen molar-refractivity contribution in [1.29, 1.82) is 0 Å². The van der Waals surface area contributed by atoms with Gasteiger partial charge in [0.25, 0.3) is 5.91 Å². The Morgan fingerprint density at radius 1 is 1.24 bits per heavy atom. The first-order valence-corrected chi connectivity index (χ1v) is 8.40. The third kappa shape index (κ3) is 3.90. The predicted octanol–water partition coefficient (Wildman–Crippen LogP) is 3.39. The molecule has 0 spiro atoms. The SMILES string of the molecule is COc1ccc(C(=O)NC2CCCCC2CBr)cc1OC. The lowest BCUT2D eigenvalue weighted by Gasteiger charge is -2.31. The largest absolute Gasteiger partial charge is 0.493 e. The van der Waals surface area contributed by atoms with Crippen LogP contribution in [0.25, 0.3) is 0 Å². The Labute approximate surface area is 134 Å². The van der Waals surface area contributed by atoms with E-state index < -0.39 is 0 Å². The summed E-state index contributed by atoms with van der Waals surface area (Å²) < 4.78 is 10.4. The number of carbonyl (C=O) groups excluding carboxylic acids is 1. The maximum Gasteiger partial charge on any atom is 0.251 e. The molecule has 0 heterocycles. The van der Waals surface area contributed by atoms with Crippen LogP contribution in [0.3, 0.4) is 0 Å². The summed E-state index contributed by atoms with van der Waals surface area (Å²) >= 11 is 3.55. The van der Waals surface area contributed by atoms with Crippen molar-refractivity contribution in [3.63, 3.8) is 0 Å². The molecule has 2 rings (SSSR count). The van der Waals surface area contributed by atoms with Crippen LogP contribution in [0.1, 0.15) is 36.0 Å². The lowest BCUT2D eigenvalue weighted by atomic mass is 9.86. The summed E-state index contributed by atoms with van der Waals surface area (Å²) in [6.45, 7) is 0. The quantitative estimate of drug-likeness (QED) is 0.823. The smallest absolute Gasteiger partial charge is 0.251 e. The Hall–Kier alpha value is -1.23. The highest BCUT2D eigenvalue weighted by atomic mass is 79.9. The maximum atomic E-state index is 12.4. The van der Waals surface area contributed by atoms with Crippen LogP contribution >= 0.6 is 15.9 Å². The summed E-state index contributed by atoms with van der Waals surface area (Å²) in [5.41, 5.74) is 0.603. The number of benzene rings is 1. The van der Waals surface area contributed by atoms with Gasteiger partial charge in [-0.2, -0.15) is 0 Å². The molecule has 1 aliphatic rings. The maximum absolute atomic E-state index is 12.4. The highest BCUT2D eigenvalue weighted by Gasteiger charge is 2.26. The monoisotopic (exact) mass is 355 g/mol. The predicted molar refractivity (Wildman–Crippen MR) is 86.6 cm³/mol. The number of hydrogen-bond acceptors (Lipinski definition) is 3. The van der Waals surface area contributed by atoms with Crippen molar-refractivity contribution in [1.82, 2.24) is 5.32 Å². The second kappa shape index (κ2) is 7.69. The molecular formula is C16H22BrNO3. The number of halogens is 1. The lowest BCUT2D eigenvalue weighted by molar-refractivity contribution is 0.0911. The molecule has 0 aliphatic heterocycles. The highest BCUT2D eigenvalue weighted by Crippen LogP contribution is 2.29. The molecule has 116 valence electrons. The molecule has 2 unspecified atom stereocenters. The standard InChI is InChI=1S/C16H22BrNO3/c1-20-14-8-7-11(9-15(14)21-2)16(19)18-13-6-4-3-5-12(13)10-17/h7-9,12-13H,3-6,10H2,1-2H3,(H,18,19). The van der Waals surface area contributed by atoms with E-state index in [-0.39, 0.29) is 11.9 Å². The van der Waals surface area contributed by atoms with Gasteiger partial charge in [0.15, 0.2) is 11.5 Å². The van der Waals surface area contributed by atoms with E-state index in [2.05, 4.69) is 21.2 Å². The Bertz CT molecular complexity index is 492. The Morgan fingerprint density at radius 2 is 1.95 bits per heavy atom. The molecule has 5 heteroatoms. The second-order valence-electron chi connectivity index (χ2n) is 5.35. The zero-order valence-corrected chi connectivity index (χ0v) is 14.1. The molecular weight excluding hydrogens is 334 g/mol. The van der Waals surface area contributed by atoms with E-state index in [1.54, 1.807) is 32.4 Å². The van der Waals surface area contributed by atoms with Gasteiger partial charge in [0.2, 0.25) is 0 Å². The van der Waals surface area contributed by atoms with Gasteiger partial charge in [-0.1, -0.05) is 28.8 Å². The average molecular weight is 356 g/mol. The van der Waals surface area contributed by atoms with E-state index in [1.807, 2.05) is 0 Å². The fourth-order valence-electron chi connectivity index (χ4n) is 2.81. The highest BCUT2D eigenvalue weighted by molar-refractivity contribution is 9.09. The first kappa shape index (κ1) is 16.1. The molecule has 4 nitrogen and oxygen atoms in total. The van der Waals surface area contributed by atoms with Gasteiger partial charge in [0.1, 0.15) is 0 Å². The molecule has 0 aromatic heterocycles. The summed E-state index contributed by atoms with van der Waals surface area (Å²) in [6.07, 6.45) is 4.65.